The van der Waals surface area contributed by atoms with Gasteiger partial charge in [0.25, 0.3) is 0 Å². The zero-order chi connectivity index (χ0) is 14.0. The van der Waals surface area contributed by atoms with Gasteiger partial charge in [-0.3, -0.25) is 10.1 Å². The first-order valence-electron chi connectivity index (χ1n) is 4.87. The average molecular weight is 259 g/mol. The van der Waals surface area contributed by atoms with Gasteiger partial charge in [-0.15, -0.1) is 0 Å². The molecule has 0 aliphatic heterocycles. The number of nitro groups is 1. The highest BCUT2D eigenvalue weighted by atomic mass is 16.6. The number of carbonyl (C=O) groups is 1. The molecule has 0 aliphatic rings. The normalized spacial score (nSPS) is 9.84. The Kier molecular flexibility index (Phi) is 2.91. The van der Waals surface area contributed by atoms with Crippen LogP contribution in [-0.4, -0.2) is 30.8 Å². The molecule has 0 atom stereocenters. The maximum Gasteiger partial charge on any atom is 0.363 e. The van der Waals surface area contributed by atoms with Crippen LogP contribution < -0.4 is 0 Å². The molecule has 0 fully saturated rings. The van der Waals surface area contributed by atoms with Crippen molar-refractivity contribution in [3.63, 3.8) is 0 Å². The number of nitriles is 1. The van der Waals surface area contributed by atoms with E-state index in [1.807, 2.05) is 0 Å². The van der Waals surface area contributed by atoms with Crippen LogP contribution in [0, 0.1) is 21.4 Å². The van der Waals surface area contributed by atoms with E-state index in [4.69, 9.17) is 10.4 Å². The maximum atomic E-state index is 10.9. The Morgan fingerprint density at radius 2 is 2.32 bits per heavy atom. The third kappa shape index (κ3) is 2.09. The van der Waals surface area contributed by atoms with Gasteiger partial charge < -0.3 is 5.11 Å². The molecule has 9 heteroatoms. The van der Waals surface area contributed by atoms with E-state index in [0.29, 0.717) is 0 Å². The molecule has 0 amide bonds. The lowest BCUT2D eigenvalue weighted by Crippen LogP contribution is -2.04. The van der Waals surface area contributed by atoms with Crippen molar-refractivity contribution in [2.75, 3.05) is 0 Å². The zero-order valence-corrected chi connectivity index (χ0v) is 9.22. The van der Waals surface area contributed by atoms with Gasteiger partial charge in [0, 0.05) is 6.20 Å². The molecule has 2 heterocycles. The number of rotatable bonds is 3. The van der Waals surface area contributed by atoms with Gasteiger partial charge in [-0.25, -0.2) is 14.5 Å². The Morgan fingerprint density at radius 1 is 1.58 bits per heavy atom. The first kappa shape index (κ1) is 12.2. The van der Waals surface area contributed by atoms with Crippen molar-refractivity contribution in [2.24, 2.45) is 0 Å². The van der Waals surface area contributed by atoms with Crippen molar-refractivity contribution in [3.05, 3.63) is 46.0 Å². The number of nitrogens with zero attached hydrogens (tertiary/aromatic N) is 5. The van der Waals surface area contributed by atoms with Crippen molar-refractivity contribution in [1.29, 1.82) is 5.26 Å². The van der Waals surface area contributed by atoms with Crippen LogP contribution in [0.5, 0.6) is 0 Å². The van der Waals surface area contributed by atoms with Crippen LogP contribution in [0.3, 0.4) is 0 Å². The Hall–Kier alpha value is -3.28. The van der Waals surface area contributed by atoms with Gasteiger partial charge in [-0.2, -0.15) is 10.4 Å². The quantitative estimate of drug-likeness (QED) is 0.634. The molecule has 0 aromatic carbocycles. The average Bonchev–Trinajstić information content (AvgIpc) is 2.84. The van der Waals surface area contributed by atoms with Crippen molar-refractivity contribution >= 4 is 11.7 Å². The van der Waals surface area contributed by atoms with Crippen molar-refractivity contribution in [2.45, 2.75) is 0 Å². The molecule has 94 valence electrons. The van der Waals surface area contributed by atoms with Crippen LogP contribution in [-0.2, 0) is 0 Å². The summed E-state index contributed by atoms with van der Waals surface area (Å²) >= 11 is 0. The number of carboxylic acids is 1. The summed E-state index contributed by atoms with van der Waals surface area (Å²) in [6, 6.07) is 4.75. The van der Waals surface area contributed by atoms with E-state index >= 15 is 0 Å². The third-order valence-corrected chi connectivity index (χ3v) is 2.23. The summed E-state index contributed by atoms with van der Waals surface area (Å²) < 4.78 is 0.952. The van der Waals surface area contributed by atoms with E-state index < -0.39 is 22.3 Å². The van der Waals surface area contributed by atoms with E-state index in [2.05, 4.69) is 10.1 Å². The zero-order valence-electron chi connectivity index (χ0n) is 9.22. The van der Waals surface area contributed by atoms with Gasteiger partial charge >= 0.3 is 11.7 Å². The fourth-order valence-electron chi connectivity index (χ4n) is 1.44. The van der Waals surface area contributed by atoms with E-state index in [9.17, 15) is 14.9 Å². The van der Waals surface area contributed by atoms with Crippen LogP contribution in [0.2, 0.25) is 0 Å². The Balaban J connectivity index is 2.65. The molecular formula is C10H5N5O4. The number of aromatic nitrogens is 3. The number of hydrogen-bond acceptors (Lipinski definition) is 6. The smallest absolute Gasteiger partial charge is 0.363 e. The lowest BCUT2D eigenvalue weighted by Gasteiger charge is -2.00. The summed E-state index contributed by atoms with van der Waals surface area (Å²) in [6.45, 7) is 0. The summed E-state index contributed by atoms with van der Waals surface area (Å²) in [6.07, 6.45) is 2.30. The van der Waals surface area contributed by atoms with Gasteiger partial charge in [-0.1, -0.05) is 0 Å². The minimum absolute atomic E-state index is 0.0168. The molecule has 0 unspecified atom stereocenters. The molecule has 0 saturated carbocycles. The SMILES string of the molecule is N#Cc1ncccc1-n1cc([N+](=O)[O-])c(C(=O)O)n1. The van der Waals surface area contributed by atoms with Gasteiger partial charge in [0.15, 0.2) is 5.69 Å². The minimum atomic E-state index is -1.52. The fraction of sp³-hybridized carbons (Fsp3) is 0. The molecule has 2 aromatic heterocycles. The van der Waals surface area contributed by atoms with Gasteiger partial charge in [-0.05, 0) is 12.1 Å². The fourth-order valence-corrected chi connectivity index (χ4v) is 1.44. The Bertz CT molecular complexity index is 683. The molecule has 19 heavy (non-hydrogen) atoms. The van der Waals surface area contributed by atoms with Gasteiger partial charge in [0.2, 0.25) is 5.69 Å². The first-order chi connectivity index (χ1) is 9.04. The monoisotopic (exact) mass is 259 g/mol. The number of pyridine rings is 1. The van der Waals surface area contributed by atoms with Crippen LogP contribution in [0.4, 0.5) is 5.69 Å². The Labute approximate surface area is 105 Å². The first-order valence-corrected chi connectivity index (χ1v) is 4.87. The number of hydrogen-bond donors (Lipinski definition) is 1. The molecule has 0 spiro atoms. The van der Waals surface area contributed by atoms with E-state index in [1.165, 1.54) is 18.3 Å². The molecule has 1 N–H and O–H groups in total. The van der Waals surface area contributed by atoms with Crippen LogP contribution in [0.1, 0.15) is 16.2 Å². The lowest BCUT2D eigenvalue weighted by molar-refractivity contribution is -0.385. The molecule has 9 nitrogen and oxygen atoms in total. The minimum Gasteiger partial charge on any atom is -0.476 e. The van der Waals surface area contributed by atoms with Crippen LogP contribution in [0.15, 0.2) is 24.5 Å². The number of carboxylic acid groups (broad SMARTS) is 1. The third-order valence-electron chi connectivity index (χ3n) is 2.23. The van der Waals surface area contributed by atoms with Crippen molar-refractivity contribution in [3.8, 4) is 11.8 Å². The largest absolute Gasteiger partial charge is 0.476 e. The summed E-state index contributed by atoms with van der Waals surface area (Å²) in [5.74, 6) is -1.52. The summed E-state index contributed by atoms with van der Waals surface area (Å²) in [7, 11) is 0. The van der Waals surface area contributed by atoms with Crippen LogP contribution >= 0.6 is 0 Å². The molecule has 2 aromatic rings. The lowest BCUT2D eigenvalue weighted by atomic mass is 10.3. The standard InChI is InChI=1S/C10H5N5O4/c11-4-6-7(2-1-3-12-6)14-5-8(15(18)19)9(13-14)10(16)17/h1-3,5H,(H,16,17). The van der Waals surface area contributed by atoms with Crippen molar-refractivity contribution < 1.29 is 14.8 Å². The molecular weight excluding hydrogens is 254 g/mol. The number of aromatic carboxylic acids is 1. The van der Waals surface area contributed by atoms with Gasteiger partial charge in [0.1, 0.15) is 18.0 Å². The van der Waals surface area contributed by atoms with E-state index in [0.717, 1.165) is 10.9 Å². The Morgan fingerprint density at radius 3 is 2.84 bits per heavy atom. The highest BCUT2D eigenvalue weighted by Crippen LogP contribution is 2.20. The molecule has 2 rings (SSSR count). The van der Waals surface area contributed by atoms with E-state index in [1.54, 1.807) is 6.07 Å². The second-order valence-electron chi connectivity index (χ2n) is 3.35. The van der Waals surface area contributed by atoms with Gasteiger partial charge in [0.05, 0.1) is 4.92 Å². The summed E-state index contributed by atoms with van der Waals surface area (Å²) in [5, 5.41) is 32.0. The second kappa shape index (κ2) is 4.53. The highest BCUT2D eigenvalue weighted by Gasteiger charge is 2.26. The van der Waals surface area contributed by atoms with E-state index in [-0.39, 0.29) is 11.4 Å². The molecule has 0 bridgehead atoms. The maximum absolute atomic E-state index is 10.9. The predicted molar refractivity (Wildman–Crippen MR) is 59.7 cm³/mol. The molecule has 0 aliphatic carbocycles. The highest BCUT2D eigenvalue weighted by molar-refractivity contribution is 5.90. The van der Waals surface area contributed by atoms with Crippen LogP contribution in [0.25, 0.3) is 5.69 Å². The second-order valence-corrected chi connectivity index (χ2v) is 3.35. The summed E-state index contributed by atoms with van der Waals surface area (Å²) in [5.41, 5.74) is -1.20. The van der Waals surface area contributed by atoms with Crippen molar-refractivity contribution in [1.82, 2.24) is 14.8 Å². The molecule has 0 saturated heterocycles. The molecule has 0 radical (unpaired) electrons. The summed E-state index contributed by atoms with van der Waals surface area (Å²) in [4.78, 5) is 24.5. The topological polar surface area (TPSA) is 135 Å². The predicted octanol–water partition coefficient (Wildman–Crippen LogP) is 0.745.